The zero-order chi connectivity index (χ0) is 15.6. The summed E-state index contributed by atoms with van der Waals surface area (Å²) < 4.78 is 0. The van der Waals surface area contributed by atoms with Crippen molar-refractivity contribution in [3.8, 4) is 11.1 Å². The molecular formula is C22H24. The van der Waals surface area contributed by atoms with Crippen LogP contribution in [-0.2, 0) is 6.42 Å². The second-order valence-electron chi connectivity index (χ2n) is 5.47. The molecule has 0 radical (unpaired) electrons. The average Bonchev–Trinajstić information content (AvgIpc) is 2.58. The second kappa shape index (κ2) is 8.84. The number of hydrogen-bond acceptors (Lipinski definition) is 0. The van der Waals surface area contributed by atoms with Crippen molar-refractivity contribution in [2.24, 2.45) is 0 Å². The number of aryl methyl sites for hydroxylation is 2. The first-order chi connectivity index (χ1) is 10.8. The van der Waals surface area contributed by atoms with Crippen molar-refractivity contribution in [1.29, 1.82) is 0 Å². The molecule has 0 atom stereocenters. The van der Waals surface area contributed by atoms with Gasteiger partial charge < -0.3 is 0 Å². The van der Waals surface area contributed by atoms with Crippen LogP contribution >= 0.6 is 0 Å². The van der Waals surface area contributed by atoms with E-state index in [4.69, 9.17) is 0 Å². The van der Waals surface area contributed by atoms with Gasteiger partial charge in [-0.2, -0.15) is 0 Å². The summed E-state index contributed by atoms with van der Waals surface area (Å²) in [6.45, 7) is 4.30. The van der Waals surface area contributed by atoms with Crippen molar-refractivity contribution in [3.05, 3.63) is 96.1 Å². The standard InChI is InChI=1S/C15H16.C7H8/c1-2-6-13-9-11-15(12-10-13)14-7-4-3-5-8-14;1-7-5-3-2-4-6-7/h3-5,7-12H,2,6H2,1H3;2-6H,1H3. The van der Waals surface area contributed by atoms with E-state index in [1.54, 1.807) is 0 Å². The zero-order valence-corrected chi connectivity index (χ0v) is 13.5. The molecule has 3 aromatic rings. The number of hydrogen-bond donors (Lipinski definition) is 0. The highest BCUT2D eigenvalue weighted by Gasteiger charge is 1.96. The maximum Gasteiger partial charge on any atom is -0.0184 e. The third kappa shape index (κ3) is 5.21. The molecule has 0 heterocycles. The molecule has 0 nitrogen and oxygen atoms in total. The first-order valence-electron chi connectivity index (χ1n) is 7.95. The van der Waals surface area contributed by atoms with Crippen molar-refractivity contribution < 1.29 is 0 Å². The summed E-state index contributed by atoms with van der Waals surface area (Å²) in [6.07, 6.45) is 2.39. The highest BCUT2D eigenvalue weighted by atomic mass is 14.0. The van der Waals surface area contributed by atoms with Crippen LogP contribution in [0.4, 0.5) is 0 Å². The molecule has 0 saturated carbocycles. The molecule has 0 heteroatoms. The molecule has 112 valence electrons. The van der Waals surface area contributed by atoms with Gasteiger partial charge in [0.1, 0.15) is 0 Å². The van der Waals surface area contributed by atoms with Gasteiger partial charge in [0, 0.05) is 0 Å². The van der Waals surface area contributed by atoms with E-state index >= 15 is 0 Å². The van der Waals surface area contributed by atoms with Gasteiger partial charge in [-0.1, -0.05) is 104 Å². The predicted octanol–water partition coefficient (Wildman–Crippen LogP) is 6.30. The molecule has 3 rings (SSSR count). The highest BCUT2D eigenvalue weighted by Crippen LogP contribution is 2.19. The van der Waals surface area contributed by atoms with Crippen LogP contribution in [0.1, 0.15) is 24.5 Å². The van der Waals surface area contributed by atoms with Crippen LogP contribution < -0.4 is 0 Å². The van der Waals surface area contributed by atoms with Crippen LogP contribution in [-0.4, -0.2) is 0 Å². The van der Waals surface area contributed by atoms with Gasteiger partial charge in [-0.05, 0) is 30.0 Å². The van der Waals surface area contributed by atoms with E-state index in [2.05, 4.69) is 80.6 Å². The Morgan fingerprint density at radius 3 is 1.55 bits per heavy atom. The first-order valence-corrected chi connectivity index (χ1v) is 7.95. The lowest BCUT2D eigenvalue weighted by Crippen LogP contribution is -1.83. The maximum absolute atomic E-state index is 2.23. The smallest absolute Gasteiger partial charge is 0.0184 e. The minimum absolute atomic E-state index is 1.18. The highest BCUT2D eigenvalue weighted by molar-refractivity contribution is 5.63. The Bertz CT molecular complexity index is 637. The molecule has 0 spiro atoms. The maximum atomic E-state index is 2.23. The van der Waals surface area contributed by atoms with Gasteiger partial charge in [-0.25, -0.2) is 0 Å². The molecule has 0 bridgehead atoms. The molecular weight excluding hydrogens is 264 g/mol. The Labute approximate surface area is 134 Å². The summed E-state index contributed by atoms with van der Waals surface area (Å²) >= 11 is 0. The number of rotatable bonds is 3. The largest absolute Gasteiger partial charge is 0.0651 e. The van der Waals surface area contributed by atoms with Crippen molar-refractivity contribution >= 4 is 0 Å². The molecule has 0 N–H and O–H groups in total. The minimum atomic E-state index is 1.18. The summed E-state index contributed by atoms with van der Waals surface area (Å²) in [4.78, 5) is 0. The van der Waals surface area contributed by atoms with Gasteiger partial charge in [0.05, 0.1) is 0 Å². The SMILES string of the molecule is CCCc1ccc(-c2ccccc2)cc1.Cc1ccccc1. The van der Waals surface area contributed by atoms with Crippen LogP contribution in [0.25, 0.3) is 11.1 Å². The number of benzene rings is 3. The summed E-state index contributed by atoms with van der Waals surface area (Å²) in [5.41, 5.74) is 5.34. The van der Waals surface area contributed by atoms with Gasteiger partial charge >= 0.3 is 0 Å². The Kier molecular flexibility index (Phi) is 6.44. The molecule has 22 heavy (non-hydrogen) atoms. The lowest BCUT2D eigenvalue weighted by Gasteiger charge is -2.03. The third-order valence-corrected chi connectivity index (χ3v) is 3.54. The fraction of sp³-hybridized carbons (Fsp3) is 0.182. The van der Waals surface area contributed by atoms with Crippen molar-refractivity contribution in [3.63, 3.8) is 0 Å². The van der Waals surface area contributed by atoms with E-state index in [0.29, 0.717) is 0 Å². The quantitative estimate of drug-likeness (QED) is 0.530. The van der Waals surface area contributed by atoms with E-state index in [1.165, 1.54) is 35.1 Å². The second-order valence-corrected chi connectivity index (χ2v) is 5.47. The monoisotopic (exact) mass is 288 g/mol. The molecule has 3 aromatic carbocycles. The lowest BCUT2D eigenvalue weighted by molar-refractivity contribution is 0.922. The van der Waals surface area contributed by atoms with Crippen LogP contribution in [0.3, 0.4) is 0 Å². The van der Waals surface area contributed by atoms with E-state index in [-0.39, 0.29) is 0 Å². The summed E-state index contributed by atoms with van der Waals surface area (Å²) in [6, 6.07) is 29.6. The average molecular weight is 288 g/mol. The molecule has 0 amide bonds. The molecule has 0 saturated heterocycles. The Morgan fingerprint density at radius 1 is 0.591 bits per heavy atom. The summed E-state index contributed by atoms with van der Waals surface area (Å²) in [7, 11) is 0. The van der Waals surface area contributed by atoms with Gasteiger partial charge in [0.25, 0.3) is 0 Å². The summed E-state index contributed by atoms with van der Waals surface area (Å²) in [5, 5.41) is 0. The van der Waals surface area contributed by atoms with E-state index in [9.17, 15) is 0 Å². The fourth-order valence-electron chi connectivity index (χ4n) is 2.32. The Morgan fingerprint density at radius 2 is 1.09 bits per heavy atom. The van der Waals surface area contributed by atoms with E-state index in [0.717, 1.165) is 0 Å². The van der Waals surface area contributed by atoms with Crippen LogP contribution in [0.2, 0.25) is 0 Å². The van der Waals surface area contributed by atoms with Crippen LogP contribution in [0.15, 0.2) is 84.9 Å². The summed E-state index contributed by atoms with van der Waals surface area (Å²) in [5.74, 6) is 0. The minimum Gasteiger partial charge on any atom is -0.0651 e. The molecule has 0 aromatic heterocycles. The molecule has 0 aliphatic rings. The Hall–Kier alpha value is -2.34. The van der Waals surface area contributed by atoms with Crippen LogP contribution in [0.5, 0.6) is 0 Å². The first kappa shape index (κ1) is 16.0. The van der Waals surface area contributed by atoms with Crippen molar-refractivity contribution in [1.82, 2.24) is 0 Å². The van der Waals surface area contributed by atoms with Gasteiger partial charge in [0.2, 0.25) is 0 Å². The lowest BCUT2D eigenvalue weighted by atomic mass is 10.0. The normalized spacial score (nSPS) is 9.73. The van der Waals surface area contributed by atoms with Gasteiger partial charge in [-0.3, -0.25) is 0 Å². The topological polar surface area (TPSA) is 0 Å². The predicted molar refractivity (Wildman–Crippen MR) is 97.1 cm³/mol. The molecule has 0 aliphatic heterocycles. The van der Waals surface area contributed by atoms with Gasteiger partial charge in [0.15, 0.2) is 0 Å². The van der Waals surface area contributed by atoms with Crippen LogP contribution in [0, 0.1) is 6.92 Å². The third-order valence-electron chi connectivity index (χ3n) is 3.54. The Balaban J connectivity index is 0.000000211. The zero-order valence-electron chi connectivity index (χ0n) is 13.5. The van der Waals surface area contributed by atoms with E-state index < -0.39 is 0 Å². The fourth-order valence-corrected chi connectivity index (χ4v) is 2.32. The molecule has 0 aliphatic carbocycles. The molecule has 0 fully saturated rings. The van der Waals surface area contributed by atoms with Crippen molar-refractivity contribution in [2.45, 2.75) is 26.7 Å². The van der Waals surface area contributed by atoms with Gasteiger partial charge in [-0.15, -0.1) is 0 Å². The molecule has 0 unspecified atom stereocenters. The van der Waals surface area contributed by atoms with E-state index in [1.807, 2.05) is 18.2 Å². The van der Waals surface area contributed by atoms with Crippen molar-refractivity contribution in [2.75, 3.05) is 0 Å².